The van der Waals surface area contributed by atoms with E-state index in [9.17, 15) is 29.4 Å². The van der Waals surface area contributed by atoms with E-state index in [2.05, 4.69) is 9.47 Å². The molecule has 2 heterocycles. The summed E-state index contributed by atoms with van der Waals surface area (Å²) in [6, 6.07) is 13.5. The summed E-state index contributed by atoms with van der Waals surface area (Å²) in [7, 11) is 0. The molecule has 2 aliphatic rings. The summed E-state index contributed by atoms with van der Waals surface area (Å²) >= 11 is 0. The van der Waals surface area contributed by atoms with Crippen LogP contribution in [0.2, 0.25) is 0 Å². The van der Waals surface area contributed by atoms with Crippen molar-refractivity contribution in [2.45, 2.75) is 0 Å². The number of para-hydroxylation sites is 2. The number of aliphatic hydroxyl groups excluding tert-OH is 2. The quantitative estimate of drug-likeness (QED) is 0.269. The van der Waals surface area contributed by atoms with Crippen molar-refractivity contribution in [2.24, 2.45) is 0 Å². The van der Waals surface area contributed by atoms with Crippen LogP contribution in [0, 0.1) is 0 Å². The third-order valence-corrected chi connectivity index (χ3v) is 5.00. The van der Waals surface area contributed by atoms with E-state index in [4.69, 9.17) is 9.47 Å². The molecule has 2 aromatic carbocycles. The van der Waals surface area contributed by atoms with Gasteiger partial charge in [0.05, 0.1) is 0 Å². The molecule has 2 aliphatic heterocycles. The molecule has 2 fully saturated rings. The highest BCUT2D eigenvalue weighted by Crippen LogP contribution is 2.36. The zero-order valence-electron chi connectivity index (χ0n) is 17.6. The Morgan fingerprint density at radius 1 is 0.676 bits per heavy atom. The molecule has 0 spiro atoms. The van der Waals surface area contributed by atoms with Crippen LogP contribution < -0.4 is 9.47 Å². The number of ketones is 2. The summed E-state index contributed by atoms with van der Waals surface area (Å²) in [5.74, 6) is -3.54. The maximum Gasteiger partial charge on any atom is 0.345 e. The highest BCUT2D eigenvalue weighted by molar-refractivity contribution is 6.22. The van der Waals surface area contributed by atoms with Gasteiger partial charge in [-0.3, -0.25) is 9.59 Å². The van der Waals surface area contributed by atoms with Gasteiger partial charge in [-0.2, -0.15) is 0 Å². The van der Waals surface area contributed by atoms with E-state index in [0.29, 0.717) is 22.6 Å². The Balaban J connectivity index is 1.57. The molecule has 0 radical (unpaired) electrons. The normalized spacial score (nSPS) is 18.5. The van der Waals surface area contributed by atoms with Crippen molar-refractivity contribution in [3.05, 3.63) is 71.2 Å². The molecule has 2 aromatic rings. The van der Waals surface area contributed by atoms with Gasteiger partial charge in [0.1, 0.15) is 47.4 Å². The van der Waals surface area contributed by atoms with Gasteiger partial charge in [0.15, 0.2) is 13.2 Å². The second kappa shape index (κ2) is 9.49. The van der Waals surface area contributed by atoms with Crippen molar-refractivity contribution >= 4 is 23.5 Å². The highest BCUT2D eigenvalue weighted by atomic mass is 16.6. The number of aliphatic hydroxyl groups is 2. The molecule has 0 unspecified atom stereocenters. The van der Waals surface area contributed by atoms with Crippen LogP contribution in [0.5, 0.6) is 11.5 Å². The lowest BCUT2D eigenvalue weighted by Crippen LogP contribution is -2.12. The summed E-state index contributed by atoms with van der Waals surface area (Å²) < 4.78 is 20.5. The molecular weight excluding hydrogens is 448 g/mol. The minimum absolute atomic E-state index is 0.307. The summed E-state index contributed by atoms with van der Waals surface area (Å²) in [5, 5.41) is 20.3. The summed E-state index contributed by atoms with van der Waals surface area (Å²) in [6.07, 6.45) is 0. The largest absolute Gasteiger partial charge is 0.508 e. The topological polar surface area (TPSA) is 146 Å². The van der Waals surface area contributed by atoms with E-state index >= 15 is 0 Å². The number of esters is 2. The van der Waals surface area contributed by atoms with Gasteiger partial charge in [-0.25, -0.2) is 9.59 Å². The number of hydrogen-bond acceptors (Lipinski definition) is 10. The van der Waals surface area contributed by atoms with Gasteiger partial charge >= 0.3 is 11.9 Å². The molecular formula is C24H18O10. The zero-order chi connectivity index (χ0) is 24.2. The Labute approximate surface area is 192 Å². The van der Waals surface area contributed by atoms with Crippen LogP contribution in [0.15, 0.2) is 71.2 Å². The second-order valence-corrected chi connectivity index (χ2v) is 7.21. The Morgan fingerprint density at radius 2 is 1.06 bits per heavy atom. The molecule has 0 bridgehead atoms. The van der Waals surface area contributed by atoms with Crippen molar-refractivity contribution in [3.63, 3.8) is 0 Å². The number of hydrogen-bond donors (Lipinski definition) is 2. The van der Waals surface area contributed by atoms with Crippen molar-refractivity contribution in [1.29, 1.82) is 0 Å². The molecule has 0 aromatic heterocycles. The van der Waals surface area contributed by atoms with Crippen molar-refractivity contribution in [1.82, 2.24) is 0 Å². The molecule has 0 amide bonds. The Bertz CT molecular complexity index is 1120. The van der Waals surface area contributed by atoms with E-state index in [1.165, 1.54) is 0 Å². The van der Waals surface area contributed by atoms with E-state index in [1.54, 1.807) is 48.5 Å². The maximum atomic E-state index is 11.7. The van der Waals surface area contributed by atoms with Gasteiger partial charge in [0, 0.05) is 11.1 Å². The predicted molar refractivity (Wildman–Crippen MR) is 114 cm³/mol. The Hall–Kier alpha value is -4.60. The van der Waals surface area contributed by atoms with Crippen molar-refractivity contribution < 1.29 is 48.3 Å². The number of carbonyl (C=O) groups excluding carboxylic acids is 4. The molecule has 0 atom stereocenters. The van der Waals surface area contributed by atoms with Crippen molar-refractivity contribution in [3.8, 4) is 22.6 Å². The summed E-state index contributed by atoms with van der Waals surface area (Å²) in [6.45, 7) is -1.75. The van der Waals surface area contributed by atoms with Gasteiger partial charge in [-0.15, -0.1) is 0 Å². The van der Waals surface area contributed by atoms with Crippen LogP contribution in [0.4, 0.5) is 0 Å². The number of cyclic esters (lactones) is 2. The van der Waals surface area contributed by atoms with Gasteiger partial charge in [-0.1, -0.05) is 36.4 Å². The molecule has 10 heteroatoms. The van der Waals surface area contributed by atoms with E-state index in [0.717, 1.165) is 0 Å². The molecule has 4 rings (SSSR count). The predicted octanol–water partition coefficient (Wildman–Crippen LogP) is 1.99. The molecule has 174 valence electrons. The zero-order valence-corrected chi connectivity index (χ0v) is 17.6. The standard InChI is InChI=1S/C24H18O10/c25-15(21-17(27)11-33-23(21)29)9-31-19-7-3-1-5-13(19)14-6-2-4-8-20(14)32-10-16(26)22-18(28)12-34-24(22)30/h1-8,25-26H,9-12H2/b21-15-,22-16-. The number of ether oxygens (including phenoxy) is 4. The minimum Gasteiger partial charge on any atom is -0.508 e. The summed E-state index contributed by atoms with van der Waals surface area (Å²) in [5.41, 5.74) is 0.203. The molecule has 10 nitrogen and oxygen atoms in total. The van der Waals surface area contributed by atoms with Gasteiger partial charge in [-0.05, 0) is 12.1 Å². The lowest BCUT2D eigenvalue weighted by atomic mass is 10.0. The first-order chi connectivity index (χ1) is 16.4. The molecule has 2 N–H and O–H groups in total. The van der Waals surface area contributed by atoms with Crippen LogP contribution in [-0.4, -0.2) is 60.1 Å². The average molecular weight is 466 g/mol. The van der Waals surface area contributed by atoms with Gasteiger partial charge in [0.2, 0.25) is 11.6 Å². The fourth-order valence-electron chi connectivity index (χ4n) is 3.40. The summed E-state index contributed by atoms with van der Waals surface area (Å²) in [4.78, 5) is 46.7. The van der Waals surface area contributed by atoms with Gasteiger partial charge in [0.25, 0.3) is 0 Å². The lowest BCUT2D eigenvalue weighted by Gasteiger charge is -2.15. The molecule has 0 aliphatic carbocycles. The molecule has 34 heavy (non-hydrogen) atoms. The fraction of sp³-hybridized carbons (Fsp3) is 0.167. The van der Waals surface area contributed by atoms with E-state index in [-0.39, 0.29) is 0 Å². The van der Waals surface area contributed by atoms with E-state index < -0.39 is 72.6 Å². The Morgan fingerprint density at radius 3 is 1.41 bits per heavy atom. The number of benzene rings is 2. The first kappa shape index (κ1) is 22.6. The Kier molecular flexibility index (Phi) is 6.30. The number of carbonyl (C=O) groups is 4. The third kappa shape index (κ3) is 4.46. The lowest BCUT2D eigenvalue weighted by molar-refractivity contribution is -0.136. The van der Waals surface area contributed by atoms with Gasteiger partial charge < -0.3 is 29.2 Å². The van der Waals surface area contributed by atoms with Crippen LogP contribution in [-0.2, 0) is 28.7 Å². The first-order valence-corrected chi connectivity index (χ1v) is 10.1. The minimum atomic E-state index is -0.906. The number of Topliss-reactive ketones (excluding diaryl/α,β-unsaturated/α-hetero) is 2. The van der Waals surface area contributed by atoms with Crippen LogP contribution >= 0.6 is 0 Å². The molecule has 2 saturated heterocycles. The maximum absolute atomic E-state index is 11.7. The SMILES string of the molecule is O=C1COC(=O)/C1=C(\O)COc1ccccc1-c1ccccc1OC/C(O)=C1\C(=O)COC1=O. The number of rotatable bonds is 7. The van der Waals surface area contributed by atoms with Crippen molar-refractivity contribution in [2.75, 3.05) is 26.4 Å². The average Bonchev–Trinajstić information content (AvgIpc) is 3.36. The second-order valence-electron chi connectivity index (χ2n) is 7.21. The molecule has 0 saturated carbocycles. The van der Waals surface area contributed by atoms with Crippen LogP contribution in [0.25, 0.3) is 11.1 Å². The van der Waals surface area contributed by atoms with Crippen LogP contribution in [0.3, 0.4) is 0 Å². The van der Waals surface area contributed by atoms with E-state index in [1.807, 2.05) is 0 Å². The smallest absolute Gasteiger partial charge is 0.345 e. The highest BCUT2D eigenvalue weighted by Gasteiger charge is 2.33. The van der Waals surface area contributed by atoms with Crippen LogP contribution in [0.1, 0.15) is 0 Å². The fourth-order valence-corrected chi connectivity index (χ4v) is 3.40. The first-order valence-electron chi connectivity index (χ1n) is 10.1. The third-order valence-electron chi connectivity index (χ3n) is 5.00. The monoisotopic (exact) mass is 466 g/mol.